The summed E-state index contributed by atoms with van der Waals surface area (Å²) in [6, 6.07) is 9.45. The Hall–Kier alpha value is -2.16. The minimum absolute atomic E-state index is 0.145. The first-order valence-electron chi connectivity index (χ1n) is 11.5. The SMILES string of the molecule is Cc1ccc(-c2sc(N[C@H](C)C3CCCCC3)nc2C)cc1S(=O)(=O)Nc1ccc(F)c(Cl)c1. The van der Waals surface area contributed by atoms with Crippen LogP contribution < -0.4 is 10.0 Å². The van der Waals surface area contributed by atoms with Gasteiger partial charge in [-0.25, -0.2) is 17.8 Å². The van der Waals surface area contributed by atoms with Crippen LogP contribution in [0, 0.1) is 25.6 Å². The number of nitrogens with one attached hydrogen (secondary N) is 2. The van der Waals surface area contributed by atoms with Gasteiger partial charge in [0.05, 0.1) is 26.2 Å². The lowest BCUT2D eigenvalue weighted by atomic mass is 9.85. The van der Waals surface area contributed by atoms with Crippen LogP contribution in [0.1, 0.15) is 50.3 Å². The van der Waals surface area contributed by atoms with E-state index in [2.05, 4.69) is 17.0 Å². The molecule has 2 aromatic carbocycles. The quantitative estimate of drug-likeness (QED) is 0.340. The fourth-order valence-electron chi connectivity index (χ4n) is 4.47. The van der Waals surface area contributed by atoms with Crippen molar-refractivity contribution >= 4 is 43.8 Å². The highest BCUT2D eigenvalue weighted by Gasteiger charge is 2.23. The van der Waals surface area contributed by atoms with Crippen LogP contribution in [0.25, 0.3) is 10.4 Å². The third-order valence-corrected chi connectivity index (χ3v) is 9.37. The Morgan fingerprint density at radius 2 is 1.85 bits per heavy atom. The molecule has 182 valence electrons. The number of nitrogens with zero attached hydrogens (tertiary/aromatic N) is 1. The van der Waals surface area contributed by atoms with Gasteiger partial charge in [0.1, 0.15) is 5.82 Å². The fourth-order valence-corrected chi connectivity index (χ4v) is 7.03. The molecular weight excluding hydrogens is 493 g/mol. The number of rotatable bonds is 7. The molecule has 0 radical (unpaired) electrons. The van der Waals surface area contributed by atoms with Gasteiger partial charge >= 0.3 is 0 Å². The van der Waals surface area contributed by atoms with Gasteiger partial charge in [0.2, 0.25) is 0 Å². The maximum atomic E-state index is 13.5. The van der Waals surface area contributed by atoms with Gasteiger partial charge in [-0.05, 0) is 74.9 Å². The van der Waals surface area contributed by atoms with Crippen molar-refractivity contribution in [3.63, 3.8) is 0 Å². The average Bonchev–Trinajstić information content (AvgIpc) is 3.16. The van der Waals surface area contributed by atoms with Crippen molar-refractivity contribution in [3.05, 3.63) is 58.5 Å². The molecule has 2 N–H and O–H groups in total. The van der Waals surface area contributed by atoms with E-state index in [1.165, 1.54) is 44.2 Å². The van der Waals surface area contributed by atoms with Crippen molar-refractivity contribution in [1.82, 2.24) is 4.98 Å². The van der Waals surface area contributed by atoms with Crippen molar-refractivity contribution in [1.29, 1.82) is 0 Å². The summed E-state index contributed by atoms with van der Waals surface area (Å²) in [6.07, 6.45) is 6.40. The summed E-state index contributed by atoms with van der Waals surface area (Å²) in [4.78, 5) is 5.80. The van der Waals surface area contributed by atoms with E-state index in [0.717, 1.165) is 27.3 Å². The van der Waals surface area contributed by atoms with E-state index in [1.807, 2.05) is 13.0 Å². The number of benzene rings is 2. The summed E-state index contributed by atoms with van der Waals surface area (Å²) in [5, 5.41) is 4.29. The molecule has 3 aromatic rings. The minimum atomic E-state index is -3.91. The van der Waals surface area contributed by atoms with E-state index in [9.17, 15) is 12.8 Å². The number of halogens is 2. The van der Waals surface area contributed by atoms with Crippen LogP contribution in [0.2, 0.25) is 5.02 Å². The van der Waals surface area contributed by atoms with Gasteiger partial charge in [-0.3, -0.25) is 4.72 Å². The summed E-state index contributed by atoms with van der Waals surface area (Å²) in [5.41, 5.74) is 2.45. The van der Waals surface area contributed by atoms with Gasteiger partial charge < -0.3 is 5.32 Å². The normalized spacial score (nSPS) is 15.8. The van der Waals surface area contributed by atoms with Gasteiger partial charge in [0.15, 0.2) is 5.13 Å². The van der Waals surface area contributed by atoms with Crippen LogP contribution in [0.4, 0.5) is 15.2 Å². The molecule has 1 fully saturated rings. The molecule has 34 heavy (non-hydrogen) atoms. The first kappa shape index (κ1) is 24.9. The Morgan fingerprint density at radius 1 is 1.12 bits per heavy atom. The van der Waals surface area contributed by atoms with Gasteiger partial charge in [-0.2, -0.15) is 0 Å². The van der Waals surface area contributed by atoms with E-state index in [-0.39, 0.29) is 15.6 Å². The molecule has 0 bridgehead atoms. The Bertz CT molecular complexity index is 1290. The van der Waals surface area contributed by atoms with Crippen LogP contribution in [0.15, 0.2) is 41.3 Å². The lowest BCUT2D eigenvalue weighted by molar-refractivity contribution is 0.328. The molecule has 1 heterocycles. The highest BCUT2D eigenvalue weighted by Crippen LogP contribution is 2.36. The lowest BCUT2D eigenvalue weighted by Crippen LogP contribution is -2.27. The zero-order chi connectivity index (χ0) is 24.5. The largest absolute Gasteiger partial charge is 0.359 e. The van der Waals surface area contributed by atoms with Gasteiger partial charge in [-0.1, -0.05) is 54.3 Å². The molecule has 0 saturated heterocycles. The van der Waals surface area contributed by atoms with Crippen LogP contribution in [0.5, 0.6) is 0 Å². The monoisotopic (exact) mass is 521 g/mol. The molecule has 1 aliphatic rings. The number of thiazole rings is 1. The Morgan fingerprint density at radius 3 is 2.56 bits per heavy atom. The Balaban J connectivity index is 1.58. The molecule has 9 heteroatoms. The maximum Gasteiger partial charge on any atom is 0.262 e. The maximum absolute atomic E-state index is 13.5. The van der Waals surface area contributed by atoms with Crippen molar-refractivity contribution in [3.8, 4) is 10.4 Å². The second-order valence-electron chi connectivity index (χ2n) is 8.98. The number of hydrogen-bond acceptors (Lipinski definition) is 5. The summed E-state index contributed by atoms with van der Waals surface area (Å²) in [7, 11) is -3.91. The summed E-state index contributed by atoms with van der Waals surface area (Å²) in [6.45, 7) is 5.90. The van der Waals surface area contributed by atoms with Gasteiger partial charge in [0, 0.05) is 6.04 Å². The second-order valence-corrected chi connectivity index (χ2v) is 12.0. The van der Waals surface area contributed by atoms with Crippen molar-refractivity contribution in [2.24, 2.45) is 5.92 Å². The first-order chi connectivity index (χ1) is 16.1. The number of aromatic nitrogens is 1. The predicted octanol–water partition coefficient (Wildman–Crippen LogP) is 7.40. The van der Waals surface area contributed by atoms with Crippen LogP contribution in [-0.2, 0) is 10.0 Å². The molecule has 1 atom stereocenters. The standard InChI is InChI=1S/C25H29ClFN3O2S2/c1-15-9-10-19(13-23(15)34(31,32)30-20-11-12-22(27)21(26)14-20)24-17(3)29-25(33-24)28-16(2)18-7-5-4-6-8-18/h9-14,16,18,30H,4-8H2,1-3H3,(H,28,29)/t16-/m1/s1. The summed E-state index contributed by atoms with van der Waals surface area (Å²) >= 11 is 7.35. The molecule has 1 aliphatic carbocycles. The van der Waals surface area contributed by atoms with Crippen molar-refractivity contribution in [2.45, 2.75) is 63.8 Å². The summed E-state index contributed by atoms with van der Waals surface area (Å²) in [5.74, 6) is 0.0502. The highest BCUT2D eigenvalue weighted by atomic mass is 35.5. The third-order valence-electron chi connectivity index (χ3n) is 6.42. The van der Waals surface area contributed by atoms with E-state index < -0.39 is 15.8 Å². The molecule has 0 unspecified atom stereocenters. The minimum Gasteiger partial charge on any atom is -0.359 e. The van der Waals surface area contributed by atoms with Gasteiger partial charge in [-0.15, -0.1) is 0 Å². The van der Waals surface area contributed by atoms with E-state index in [0.29, 0.717) is 17.5 Å². The zero-order valence-corrected chi connectivity index (χ0v) is 21.9. The molecule has 1 aromatic heterocycles. The topological polar surface area (TPSA) is 71.1 Å². The zero-order valence-electron chi connectivity index (χ0n) is 19.5. The Kier molecular flexibility index (Phi) is 7.50. The highest BCUT2D eigenvalue weighted by molar-refractivity contribution is 7.92. The van der Waals surface area contributed by atoms with Crippen LogP contribution in [-0.4, -0.2) is 19.4 Å². The van der Waals surface area contributed by atoms with Crippen LogP contribution >= 0.6 is 22.9 Å². The first-order valence-corrected chi connectivity index (χ1v) is 14.1. The van der Waals surface area contributed by atoms with Gasteiger partial charge in [0.25, 0.3) is 10.0 Å². The van der Waals surface area contributed by atoms with E-state index >= 15 is 0 Å². The van der Waals surface area contributed by atoms with E-state index in [4.69, 9.17) is 16.6 Å². The fraction of sp³-hybridized carbons (Fsp3) is 0.400. The molecule has 5 nitrogen and oxygen atoms in total. The number of sulfonamides is 1. The Labute approximate surface area is 209 Å². The lowest BCUT2D eigenvalue weighted by Gasteiger charge is -2.28. The molecule has 4 rings (SSSR count). The number of aryl methyl sites for hydroxylation is 2. The molecule has 0 amide bonds. The van der Waals surface area contributed by atoms with Crippen molar-refractivity contribution in [2.75, 3.05) is 10.0 Å². The molecule has 1 saturated carbocycles. The average molecular weight is 522 g/mol. The second kappa shape index (κ2) is 10.2. The number of hydrogen-bond donors (Lipinski definition) is 2. The predicted molar refractivity (Wildman–Crippen MR) is 139 cm³/mol. The molecule has 0 aliphatic heterocycles. The number of anilines is 2. The van der Waals surface area contributed by atoms with Crippen LogP contribution in [0.3, 0.4) is 0 Å². The van der Waals surface area contributed by atoms with Crippen molar-refractivity contribution < 1.29 is 12.8 Å². The summed E-state index contributed by atoms with van der Waals surface area (Å²) < 4.78 is 42.2. The van der Waals surface area contributed by atoms with E-state index in [1.54, 1.807) is 30.4 Å². The molecule has 0 spiro atoms. The molecular formula is C25H29ClFN3O2S2. The third kappa shape index (κ3) is 5.56. The smallest absolute Gasteiger partial charge is 0.262 e.